The average Bonchev–Trinajstić information content (AvgIpc) is 3.22. The van der Waals surface area contributed by atoms with Crippen LogP contribution in [0.25, 0.3) is 0 Å². The highest BCUT2D eigenvalue weighted by atomic mass is 16.5. The van der Waals surface area contributed by atoms with Crippen molar-refractivity contribution in [2.75, 3.05) is 32.1 Å². The number of amides is 1. The van der Waals surface area contributed by atoms with Gasteiger partial charge in [0.25, 0.3) is 5.91 Å². The van der Waals surface area contributed by atoms with Gasteiger partial charge >= 0.3 is 0 Å². The van der Waals surface area contributed by atoms with E-state index in [1.54, 1.807) is 19.2 Å². The Kier molecular flexibility index (Phi) is 4.46. The Morgan fingerprint density at radius 3 is 2.89 bits per heavy atom. The van der Waals surface area contributed by atoms with Crippen LogP contribution in [0, 0.1) is 5.92 Å². The van der Waals surface area contributed by atoms with Crippen LogP contribution in [0.15, 0.2) is 12.1 Å². The van der Waals surface area contributed by atoms with Crippen LogP contribution in [-0.4, -0.2) is 42.9 Å². The van der Waals surface area contributed by atoms with Gasteiger partial charge in [0.2, 0.25) is 0 Å². The SMILES string of the molecule is CNc1ccc(C(=O)NCCOCC2CC2)nn1. The molecule has 0 bridgehead atoms. The summed E-state index contributed by atoms with van der Waals surface area (Å²) in [5, 5.41) is 13.3. The van der Waals surface area contributed by atoms with E-state index in [1.807, 2.05) is 0 Å². The van der Waals surface area contributed by atoms with E-state index in [1.165, 1.54) is 12.8 Å². The monoisotopic (exact) mass is 250 g/mol. The van der Waals surface area contributed by atoms with Gasteiger partial charge in [0.05, 0.1) is 6.61 Å². The van der Waals surface area contributed by atoms with Gasteiger partial charge in [-0.1, -0.05) is 0 Å². The second-order valence-corrected chi connectivity index (χ2v) is 4.33. The summed E-state index contributed by atoms with van der Waals surface area (Å²) >= 11 is 0. The van der Waals surface area contributed by atoms with Gasteiger partial charge in [0.1, 0.15) is 5.82 Å². The number of anilines is 1. The molecule has 6 nitrogen and oxygen atoms in total. The summed E-state index contributed by atoms with van der Waals surface area (Å²) in [5.41, 5.74) is 0.316. The quantitative estimate of drug-likeness (QED) is 0.696. The molecule has 18 heavy (non-hydrogen) atoms. The third kappa shape index (κ3) is 3.96. The van der Waals surface area contributed by atoms with Gasteiger partial charge in [-0.15, -0.1) is 10.2 Å². The van der Waals surface area contributed by atoms with Crippen molar-refractivity contribution in [3.8, 4) is 0 Å². The lowest BCUT2D eigenvalue weighted by Crippen LogP contribution is -2.28. The molecule has 98 valence electrons. The van der Waals surface area contributed by atoms with Gasteiger partial charge in [-0.2, -0.15) is 0 Å². The number of rotatable bonds is 7. The highest BCUT2D eigenvalue weighted by molar-refractivity contribution is 5.92. The molecule has 1 amide bonds. The molecule has 2 N–H and O–H groups in total. The molecule has 1 aromatic rings. The number of aromatic nitrogens is 2. The van der Waals surface area contributed by atoms with E-state index < -0.39 is 0 Å². The third-order valence-corrected chi connectivity index (χ3v) is 2.74. The topological polar surface area (TPSA) is 76.1 Å². The fourth-order valence-electron chi connectivity index (χ4n) is 1.45. The first-order valence-corrected chi connectivity index (χ1v) is 6.17. The van der Waals surface area contributed by atoms with Crippen LogP contribution in [0.1, 0.15) is 23.3 Å². The summed E-state index contributed by atoms with van der Waals surface area (Å²) in [6.07, 6.45) is 2.56. The maximum atomic E-state index is 11.7. The van der Waals surface area contributed by atoms with Gasteiger partial charge < -0.3 is 15.4 Å². The number of nitrogens with zero attached hydrogens (tertiary/aromatic N) is 2. The summed E-state index contributed by atoms with van der Waals surface area (Å²) in [4.78, 5) is 11.7. The van der Waals surface area contributed by atoms with Crippen molar-refractivity contribution in [3.63, 3.8) is 0 Å². The maximum absolute atomic E-state index is 11.7. The third-order valence-electron chi connectivity index (χ3n) is 2.74. The van der Waals surface area contributed by atoms with E-state index in [4.69, 9.17) is 4.74 Å². The van der Waals surface area contributed by atoms with E-state index in [0.29, 0.717) is 24.7 Å². The number of nitrogens with one attached hydrogen (secondary N) is 2. The molecule has 2 rings (SSSR count). The maximum Gasteiger partial charge on any atom is 0.271 e. The summed E-state index contributed by atoms with van der Waals surface area (Å²) in [6, 6.07) is 3.35. The minimum absolute atomic E-state index is 0.222. The van der Waals surface area contributed by atoms with E-state index in [2.05, 4.69) is 20.8 Å². The molecule has 6 heteroatoms. The molecule has 0 atom stereocenters. The molecule has 0 aromatic carbocycles. The van der Waals surface area contributed by atoms with Crippen molar-refractivity contribution in [1.82, 2.24) is 15.5 Å². The second-order valence-electron chi connectivity index (χ2n) is 4.33. The first kappa shape index (κ1) is 12.8. The van der Waals surface area contributed by atoms with Crippen molar-refractivity contribution in [2.24, 2.45) is 5.92 Å². The molecule has 1 heterocycles. The predicted molar refractivity (Wildman–Crippen MR) is 67.5 cm³/mol. The number of ether oxygens (including phenoxy) is 1. The first-order chi connectivity index (χ1) is 8.79. The van der Waals surface area contributed by atoms with Crippen molar-refractivity contribution in [3.05, 3.63) is 17.8 Å². The molecular weight excluding hydrogens is 232 g/mol. The smallest absolute Gasteiger partial charge is 0.271 e. The van der Waals surface area contributed by atoms with Gasteiger partial charge in [-0.25, -0.2) is 0 Å². The molecule has 0 spiro atoms. The minimum Gasteiger partial charge on any atom is -0.379 e. The van der Waals surface area contributed by atoms with Gasteiger partial charge in [0, 0.05) is 20.2 Å². The van der Waals surface area contributed by atoms with Crippen molar-refractivity contribution >= 4 is 11.7 Å². The Bertz CT molecular complexity index is 390. The standard InChI is InChI=1S/C12H18N4O2/c1-13-11-5-4-10(15-16-11)12(17)14-6-7-18-8-9-2-3-9/h4-5,9H,2-3,6-8H2,1H3,(H,13,16)(H,14,17). The summed E-state index contributed by atoms with van der Waals surface area (Å²) in [6.45, 7) is 1.86. The Morgan fingerprint density at radius 2 is 2.28 bits per heavy atom. The van der Waals surface area contributed by atoms with Crippen LogP contribution in [0.3, 0.4) is 0 Å². The summed E-state index contributed by atoms with van der Waals surface area (Å²) < 4.78 is 5.42. The van der Waals surface area contributed by atoms with Crippen LogP contribution >= 0.6 is 0 Å². The number of carbonyl (C=O) groups is 1. The first-order valence-electron chi connectivity index (χ1n) is 6.17. The number of carbonyl (C=O) groups excluding carboxylic acids is 1. The Labute approximate surface area is 106 Å². The Hall–Kier alpha value is -1.69. The zero-order valence-electron chi connectivity index (χ0n) is 10.5. The van der Waals surface area contributed by atoms with Gasteiger partial charge in [-0.3, -0.25) is 4.79 Å². The highest BCUT2D eigenvalue weighted by Gasteiger charge is 2.20. The lowest BCUT2D eigenvalue weighted by molar-refractivity contribution is 0.0901. The molecule has 1 aliphatic carbocycles. The minimum atomic E-state index is -0.222. The zero-order chi connectivity index (χ0) is 12.8. The van der Waals surface area contributed by atoms with E-state index in [9.17, 15) is 4.79 Å². The van der Waals surface area contributed by atoms with Crippen molar-refractivity contribution in [2.45, 2.75) is 12.8 Å². The molecule has 0 saturated heterocycles. The van der Waals surface area contributed by atoms with Crippen molar-refractivity contribution in [1.29, 1.82) is 0 Å². The normalized spacial score (nSPS) is 14.3. The Balaban J connectivity index is 1.65. The molecule has 1 fully saturated rings. The molecule has 0 unspecified atom stereocenters. The van der Waals surface area contributed by atoms with Crippen LogP contribution in [0.2, 0.25) is 0 Å². The number of hydrogen-bond donors (Lipinski definition) is 2. The molecular formula is C12H18N4O2. The van der Waals surface area contributed by atoms with Crippen molar-refractivity contribution < 1.29 is 9.53 Å². The van der Waals surface area contributed by atoms with Crippen LogP contribution < -0.4 is 10.6 Å². The lowest BCUT2D eigenvalue weighted by atomic mass is 10.3. The zero-order valence-corrected chi connectivity index (χ0v) is 10.5. The Morgan fingerprint density at radius 1 is 1.44 bits per heavy atom. The van der Waals surface area contributed by atoms with E-state index in [-0.39, 0.29) is 5.91 Å². The largest absolute Gasteiger partial charge is 0.379 e. The lowest BCUT2D eigenvalue weighted by Gasteiger charge is -2.05. The predicted octanol–water partition coefficient (Wildman–Crippen LogP) is 0.675. The fraction of sp³-hybridized carbons (Fsp3) is 0.583. The van der Waals surface area contributed by atoms with Gasteiger partial charge in [0.15, 0.2) is 5.69 Å². The summed E-state index contributed by atoms with van der Waals surface area (Å²) in [7, 11) is 1.75. The van der Waals surface area contributed by atoms with Crippen LogP contribution in [0.5, 0.6) is 0 Å². The van der Waals surface area contributed by atoms with E-state index in [0.717, 1.165) is 12.5 Å². The van der Waals surface area contributed by atoms with Gasteiger partial charge in [-0.05, 0) is 30.9 Å². The van der Waals surface area contributed by atoms with E-state index >= 15 is 0 Å². The molecule has 1 aliphatic rings. The molecule has 1 aromatic heterocycles. The highest BCUT2D eigenvalue weighted by Crippen LogP contribution is 2.28. The average molecular weight is 250 g/mol. The molecule has 1 saturated carbocycles. The second kappa shape index (κ2) is 6.30. The number of hydrogen-bond acceptors (Lipinski definition) is 5. The molecule has 0 radical (unpaired) electrons. The molecule has 0 aliphatic heterocycles. The summed E-state index contributed by atoms with van der Waals surface area (Å²) in [5.74, 6) is 1.17. The van der Waals surface area contributed by atoms with Crippen LogP contribution in [0.4, 0.5) is 5.82 Å². The fourth-order valence-corrected chi connectivity index (χ4v) is 1.45. The van der Waals surface area contributed by atoms with Crippen LogP contribution in [-0.2, 0) is 4.74 Å².